The van der Waals surface area contributed by atoms with Crippen LogP contribution >= 0.6 is 0 Å². The van der Waals surface area contributed by atoms with E-state index in [4.69, 9.17) is 5.10 Å². The standard InChI is InChI=1S/C30H42FN5/c1-5-10-29-28(23-34(8-4)22-25-15-13-24(6-2)14-16-25)30(35-19-17-33(7-3)18-20-35)36(32-29)27-12-9-11-26(31)21-27/h9,11-16,21H,5-8,10,17-20,22-23H2,1-4H3. The van der Waals surface area contributed by atoms with Crippen molar-refractivity contribution in [2.24, 2.45) is 0 Å². The van der Waals surface area contributed by atoms with Crippen LogP contribution in [0.3, 0.4) is 0 Å². The Bertz CT molecular complexity index is 1100. The van der Waals surface area contributed by atoms with Gasteiger partial charge in [-0.05, 0) is 55.3 Å². The summed E-state index contributed by atoms with van der Waals surface area (Å²) >= 11 is 0. The number of likely N-dealkylation sites (N-methyl/N-ethyl adjacent to an activating group) is 1. The van der Waals surface area contributed by atoms with Gasteiger partial charge in [0, 0.05) is 44.8 Å². The molecule has 6 heteroatoms. The van der Waals surface area contributed by atoms with Crippen molar-refractivity contribution in [3.8, 4) is 5.69 Å². The maximum absolute atomic E-state index is 14.3. The monoisotopic (exact) mass is 491 g/mol. The molecular weight excluding hydrogens is 449 g/mol. The van der Waals surface area contributed by atoms with Crippen molar-refractivity contribution in [2.45, 2.75) is 60.0 Å². The molecule has 0 N–H and O–H groups in total. The van der Waals surface area contributed by atoms with E-state index in [2.05, 4.69) is 66.7 Å². The summed E-state index contributed by atoms with van der Waals surface area (Å²) in [4.78, 5) is 7.46. The quantitative estimate of drug-likeness (QED) is 0.344. The van der Waals surface area contributed by atoms with E-state index in [1.807, 2.05) is 10.7 Å². The normalized spacial score (nSPS) is 14.7. The molecule has 1 aliphatic heterocycles. The maximum atomic E-state index is 14.3. The topological polar surface area (TPSA) is 27.5 Å². The molecule has 1 fully saturated rings. The smallest absolute Gasteiger partial charge is 0.137 e. The summed E-state index contributed by atoms with van der Waals surface area (Å²) in [5.41, 5.74) is 5.93. The van der Waals surface area contributed by atoms with E-state index in [0.29, 0.717) is 0 Å². The fourth-order valence-electron chi connectivity index (χ4n) is 5.12. The van der Waals surface area contributed by atoms with E-state index in [1.165, 1.54) is 22.8 Å². The van der Waals surface area contributed by atoms with Crippen LogP contribution < -0.4 is 4.90 Å². The summed E-state index contributed by atoms with van der Waals surface area (Å²) in [7, 11) is 0. The molecule has 5 nitrogen and oxygen atoms in total. The molecule has 1 aliphatic rings. The van der Waals surface area contributed by atoms with Crippen LogP contribution in [0, 0.1) is 5.82 Å². The van der Waals surface area contributed by atoms with Crippen molar-refractivity contribution < 1.29 is 4.39 Å². The van der Waals surface area contributed by atoms with Crippen LogP contribution in [0.5, 0.6) is 0 Å². The molecule has 3 aromatic rings. The molecule has 2 heterocycles. The van der Waals surface area contributed by atoms with Crippen LogP contribution in [-0.4, -0.2) is 58.8 Å². The van der Waals surface area contributed by atoms with Gasteiger partial charge in [0.1, 0.15) is 11.6 Å². The summed E-state index contributed by atoms with van der Waals surface area (Å²) in [6.07, 6.45) is 3.01. The predicted molar refractivity (Wildman–Crippen MR) is 147 cm³/mol. The van der Waals surface area contributed by atoms with Gasteiger partial charge in [-0.1, -0.05) is 64.4 Å². The third-order valence-electron chi connectivity index (χ3n) is 7.36. The van der Waals surface area contributed by atoms with Gasteiger partial charge in [0.15, 0.2) is 0 Å². The summed E-state index contributed by atoms with van der Waals surface area (Å²) in [5, 5.41) is 5.11. The zero-order valence-corrected chi connectivity index (χ0v) is 22.5. The first kappa shape index (κ1) is 26.4. The number of rotatable bonds is 11. The van der Waals surface area contributed by atoms with Gasteiger partial charge >= 0.3 is 0 Å². The highest BCUT2D eigenvalue weighted by molar-refractivity contribution is 5.56. The lowest BCUT2D eigenvalue weighted by Crippen LogP contribution is -2.47. The molecular formula is C30H42FN5. The second kappa shape index (κ2) is 12.5. The van der Waals surface area contributed by atoms with E-state index in [-0.39, 0.29) is 5.82 Å². The predicted octanol–water partition coefficient (Wildman–Crippen LogP) is 5.69. The largest absolute Gasteiger partial charge is 0.354 e. The Balaban J connectivity index is 1.71. The molecule has 0 bridgehead atoms. The molecule has 2 aromatic carbocycles. The van der Waals surface area contributed by atoms with Gasteiger partial charge in [-0.25, -0.2) is 9.07 Å². The fraction of sp³-hybridized carbons (Fsp3) is 0.500. The number of aryl methyl sites for hydroxylation is 2. The van der Waals surface area contributed by atoms with E-state index >= 15 is 0 Å². The van der Waals surface area contributed by atoms with Gasteiger partial charge < -0.3 is 9.80 Å². The van der Waals surface area contributed by atoms with Gasteiger partial charge in [-0.15, -0.1) is 0 Å². The number of hydrogen-bond acceptors (Lipinski definition) is 4. The van der Waals surface area contributed by atoms with Crippen LogP contribution in [-0.2, 0) is 25.9 Å². The summed E-state index contributed by atoms with van der Waals surface area (Å²) in [6, 6.07) is 15.9. The Morgan fingerprint density at radius 1 is 0.889 bits per heavy atom. The molecule has 0 saturated carbocycles. The third kappa shape index (κ3) is 6.16. The van der Waals surface area contributed by atoms with E-state index in [9.17, 15) is 4.39 Å². The van der Waals surface area contributed by atoms with Gasteiger partial charge in [0.2, 0.25) is 0 Å². The van der Waals surface area contributed by atoms with Crippen LogP contribution in [0.15, 0.2) is 48.5 Å². The first-order valence-corrected chi connectivity index (χ1v) is 13.7. The van der Waals surface area contributed by atoms with Crippen molar-refractivity contribution in [1.29, 1.82) is 0 Å². The van der Waals surface area contributed by atoms with Crippen molar-refractivity contribution in [3.05, 3.63) is 76.7 Å². The Labute approximate surface area is 216 Å². The molecule has 0 unspecified atom stereocenters. The summed E-state index contributed by atoms with van der Waals surface area (Å²) < 4.78 is 16.3. The van der Waals surface area contributed by atoms with Crippen molar-refractivity contribution >= 4 is 5.82 Å². The average molecular weight is 492 g/mol. The number of benzene rings is 2. The molecule has 1 saturated heterocycles. The number of hydrogen-bond donors (Lipinski definition) is 0. The minimum atomic E-state index is -0.228. The lowest BCUT2D eigenvalue weighted by molar-refractivity contribution is 0.264. The molecule has 0 radical (unpaired) electrons. The van der Waals surface area contributed by atoms with E-state index in [0.717, 1.165) is 88.8 Å². The van der Waals surface area contributed by atoms with Crippen molar-refractivity contribution in [3.63, 3.8) is 0 Å². The van der Waals surface area contributed by atoms with Crippen LogP contribution in [0.25, 0.3) is 5.69 Å². The van der Waals surface area contributed by atoms with Crippen LogP contribution in [0.4, 0.5) is 10.2 Å². The first-order valence-electron chi connectivity index (χ1n) is 13.7. The SMILES string of the molecule is CCCc1nn(-c2cccc(F)c2)c(N2CCN(CC)CC2)c1CN(CC)Cc1ccc(CC)cc1. The molecule has 0 spiro atoms. The summed E-state index contributed by atoms with van der Waals surface area (Å²) in [5.74, 6) is 0.911. The number of piperazine rings is 1. The second-order valence-corrected chi connectivity index (χ2v) is 9.79. The Kier molecular flexibility index (Phi) is 9.16. The van der Waals surface area contributed by atoms with Crippen LogP contribution in [0.2, 0.25) is 0 Å². The van der Waals surface area contributed by atoms with Crippen LogP contribution in [0.1, 0.15) is 56.5 Å². The fourth-order valence-corrected chi connectivity index (χ4v) is 5.12. The Morgan fingerprint density at radius 2 is 1.61 bits per heavy atom. The minimum absolute atomic E-state index is 0.228. The number of halogens is 1. The molecule has 4 rings (SSSR count). The van der Waals surface area contributed by atoms with Crippen molar-refractivity contribution in [2.75, 3.05) is 44.2 Å². The molecule has 0 aliphatic carbocycles. The molecule has 0 amide bonds. The van der Waals surface area contributed by atoms with Gasteiger partial charge in [-0.3, -0.25) is 4.90 Å². The minimum Gasteiger partial charge on any atom is -0.354 e. The van der Waals surface area contributed by atoms with Gasteiger partial charge in [0.05, 0.1) is 11.4 Å². The molecule has 36 heavy (non-hydrogen) atoms. The number of nitrogens with zero attached hydrogens (tertiary/aromatic N) is 5. The van der Waals surface area contributed by atoms with Gasteiger partial charge in [0.25, 0.3) is 0 Å². The first-order chi connectivity index (χ1) is 17.6. The number of aromatic nitrogens is 2. The lowest BCUT2D eigenvalue weighted by Gasteiger charge is -2.36. The van der Waals surface area contributed by atoms with Gasteiger partial charge in [-0.2, -0.15) is 5.10 Å². The average Bonchev–Trinajstić information content (AvgIpc) is 3.26. The molecule has 194 valence electrons. The van der Waals surface area contributed by atoms with Crippen molar-refractivity contribution in [1.82, 2.24) is 19.6 Å². The Hall–Kier alpha value is -2.70. The van der Waals surface area contributed by atoms with E-state index in [1.54, 1.807) is 12.1 Å². The number of anilines is 1. The van der Waals surface area contributed by atoms with E-state index < -0.39 is 0 Å². The third-order valence-corrected chi connectivity index (χ3v) is 7.36. The highest BCUT2D eigenvalue weighted by Crippen LogP contribution is 2.31. The zero-order chi connectivity index (χ0) is 25.5. The lowest BCUT2D eigenvalue weighted by atomic mass is 10.1. The highest BCUT2D eigenvalue weighted by atomic mass is 19.1. The molecule has 0 atom stereocenters. The summed E-state index contributed by atoms with van der Waals surface area (Å²) in [6.45, 7) is 16.6. The highest BCUT2D eigenvalue weighted by Gasteiger charge is 2.27. The maximum Gasteiger partial charge on any atom is 0.137 e. The zero-order valence-electron chi connectivity index (χ0n) is 22.5. The second-order valence-electron chi connectivity index (χ2n) is 9.79. The Morgan fingerprint density at radius 3 is 2.22 bits per heavy atom. The molecule has 1 aromatic heterocycles.